The van der Waals surface area contributed by atoms with E-state index in [-0.39, 0.29) is 0 Å². The topological polar surface area (TPSA) is 48.7 Å². The summed E-state index contributed by atoms with van der Waals surface area (Å²) < 4.78 is 2.04. The van der Waals surface area contributed by atoms with Crippen LogP contribution in [0.2, 0.25) is 0 Å². The van der Waals surface area contributed by atoms with Crippen LogP contribution < -0.4 is 5.32 Å². The van der Waals surface area contributed by atoms with Crippen LogP contribution >= 0.6 is 0 Å². The Bertz CT molecular complexity index is 629. The first-order chi connectivity index (χ1) is 13.2. The summed E-state index contributed by atoms with van der Waals surface area (Å²) in [5.74, 6) is 1.86. The molecule has 0 spiro atoms. The molecular weight excluding hydrogens is 336 g/mol. The number of likely N-dealkylation sites (tertiary alicyclic amines) is 2. The van der Waals surface area contributed by atoms with Crippen LogP contribution in [0.4, 0.5) is 0 Å². The highest BCUT2D eigenvalue weighted by molar-refractivity contribution is 5.80. The van der Waals surface area contributed by atoms with Crippen molar-refractivity contribution in [2.75, 3.05) is 39.3 Å². The van der Waals surface area contributed by atoms with Crippen LogP contribution in [0, 0.1) is 5.92 Å². The lowest BCUT2D eigenvalue weighted by Crippen LogP contribution is -2.40. The van der Waals surface area contributed by atoms with Gasteiger partial charge in [-0.2, -0.15) is 5.10 Å². The summed E-state index contributed by atoms with van der Waals surface area (Å²) in [7, 11) is 2.06. The molecule has 0 aromatic carbocycles. The van der Waals surface area contributed by atoms with Gasteiger partial charge in [-0.1, -0.05) is 13.8 Å². The molecule has 0 amide bonds. The van der Waals surface area contributed by atoms with E-state index < -0.39 is 0 Å². The van der Waals surface area contributed by atoms with Crippen LogP contribution in [0.3, 0.4) is 0 Å². The zero-order chi connectivity index (χ0) is 19.2. The highest BCUT2D eigenvalue weighted by Crippen LogP contribution is 2.21. The Labute approximate surface area is 165 Å². The molecule has 0 aliphatic carbocycles. The molecule has 1 N–H and O–H groups in total. The quantitative estimate of drug-likeness (QED) is 0.588. The fourth-order valence-electron chi connectivity index (χ4n) is 4.66. The SMILES string of the molecule is CCNC(=NCc1c(CC)nn(C)c1CC)N1CCC(CN2CCCC2)C1. The molecule has 2 fully saturated rings. The molecule has 0 radical (unpaired) electrons. The predicted molar refractivity (Wildman–Crippen MR) is 112 cm³/mol. The minimum absolute atomic E-state index is 0.732. The van der Waals surface area contributed by atoms with Crippen LogP contribution in [-0.2, 0) is 26.4 Å². The number of rotatable bonds is 7. The van der Waals surface area contributed by atoms with Crippen LogP contribution in [0.1, 0.15) is 57.0 Å². The van der Waals surface area contributed by atoms with Crippen LogP contribution in [0.15, 0.2) is 4.99 Å². The van der Waals surface area contributed by atoms with Crippen molar-refractivity contribution in [3.63, 3.8) is 0 Å². The second kappa shape index (κ2) is 9.58. The van der Waals surface area contributed by atoms with E-state index >= 15 is 0 Å². The summed E-state index contributed by atoms with van der Waals surface area (Å²) in [4.78, 5) is 10.1. The average Bonchev–Trinajstić information content (AvgIpc) is 3.39. The molecule has 0 bridgehead atoms. The van der Waals surface area contributed by atoms with Crippen LogP contribution in [0.25, 0.3) is 0 Å². The molecule has 1 aromatic heterocycles. The number of aromatic nitrogens is 2. The van der Waals surface area contributed by atoms with Crippen molar-refractivity contribution in [1.82, 2.24) is 24.9 Å². The van der Waals surface area contributed by atoms with E-state index in [2.05, 4.69) is 42.9 Å². The van der Waals surface area contributed by atoms with Gasteiger partial charge >= 0.3 is 0 Å². The van der Waals surface area contributed by atoms with Gasteiger partial charge in [0.15, 0.2) is 5.96 Å². The average molecular weight is 375 g/mol. The van der Waals surface area contributed by atoms with Crippen LogP contribution in [-0.4, -0.2) is 64.8 Å². The Morgan fingerprint density at radius 2 is 1.93 bits per heavy atom. The summed E-state index contributed by atoms with van der Waals surface area (Å²) in [5.41, 5.74) is 3.84. The third kappa shape index (κ3) is 4.84. The smallest absolute Gasteiger partial charge is 0.194 e. The Morgan fingerprint density at radius 3 is 2.59 bits per heavy atom. The molecule has 6 heteroatoms. The number of aliphatic imine (C=N–C) groups is 1. The van der Waals surface area contributed by atoms with Crippen molar-refractivity contribution in [2.24, 2.45) is 18.0 Å². The van der Waals surface area contributed by atoms with Gasteiger partial charge in [0.25, 0.3) is 0 Å². The monoisotopic (exact) mass is 374 g/mol. The first-order valence-electron chi connectivity index (χ1n) is 10.9. The molecule has 3 heterocycles. The van der Waals surface area contributed by atoms with E-state index in [1.807, 2.05) is 4.68 Å². The van der Waals surface area contributed by atoms with Crippen molar-refractivity contribution in [2.45, 2.75) is 59.4 Å². The molecule has 27 heavy (non-hydrogen) atoms. The van der Waals surface area contributed by atoms with Gasteiger partial charge in [0.1, 0.15) is 0 Å². The highest BCUT2D eigenvalue weighted by Gasteiger charge is 2.27. The molecule has 6 nitrogen and oxygen atoms in total. The summed E-state index contributed by atoms with van der Waals surface area (Å²) in [6, 6.07) is 0. The van der Waals surface area contributed by atoms with Gasteiger partial charge < -0.3 is 15.1 Å². The number of nitrogens with one attached hydrogen (secondary N) is 1. The van der Waals surface area contributed by atoms with Gasteiger partial charge in [-0.05, 0) is 58.0 Å². The summed E-state index contributed by atoms with van der Waals surface area (Å²) in [6.07, 6.45) is 6.02. The maximum absolute atomic E-state index is 5.03. The number of guanidine groups is 1. The van der Waals surface area contributed by atoms with Gasteiger partial charge in [0.2, 0.25) is 0 Å². The lowest BCUT2D eigenvalue weighted by atomic mass is 10.1. The van der Waals surface area contributed by atoms with E-state index in [4.69, 9.17) is 10.1 Å². The van der Waals surface area contributed by atoms with Crippen molar-refractivity contribution in [3.8, 4) is 0 Å². The van der Waals surface area contributed by atoms with Gasteiger partial charge in [-0.15, -0.1) is 0 Å². The lowest BCUT2D eigenvalue weighted by Gasteiger charge is -2.23. The summed E-state index contributed by atoms with van der Waals surface area (Å²) in [5, 5.41) is 8.22. The Balaban J connectivity index is 1.66. The summed E-state index contributed by atoms with van der Waals surface area (Å²) >= 11 is 0. The van der Waals surface area contributed by atoms with E-state index in [1.54, 1.807) is 0 Å². The lowest BCUT2D eigenvalue weighted by molar-refractivity contribution is 0.281. The normalized spacial score (nSPS) is 21.4. The Hall–Kier alpha value is -1.56. The molecule has 2 aliphatic rings. The zero-order valence-corrected chi connectivity index (χ0v) is 17.8. The second-order valence-electron chi connectivity index (χ2n) is 7.98. The molecule has 0 saturated carbocycles. The maximum atomic E-state index is 5.03. The highest BCUT2D eigenvalue weighted by atomic mass is 15.3. The van der Waals surface area contributed by atoms with Gasteiger partial charge in [-0.3, -0.25) is 4.68 Å². The number of aryl methyl sites for hydroxylation is 2. The van der Waals surface area contributed by atoms with Crippen molar-refractivity contribution in [1.29, 1.82) is 0 Å². The minimum atomic E-state index is 0.732. The molecule has 2 aliphatic heterocycles. The predicted octanol–water partition coefficient (Wildman–Crippen LogP) is 2.43. The number of nitrogens with zero attached hydrogens (tertiary/aromatic N) is 5. The van der Waals surface area contributed by atoms with Crippen molar-refractivity contribution >= 4 is 5.96 Å². The van der Waals surface area contributed by atoms with Gasteiger partial charge in [-0.25, -0.2) is 4.99 Å². The maximum Gasteiger partial charge on any atom is 0.194 e. The van der Waals surface area contributed by atoms with Gasteiger partial charge in [0.05, 0.1) is 12.2 Å². The molecule has 152 valence electrons. The number of hydrogen-bond donors (Lipinski definition) is 1. The van der Waals surface area contributed by atoms with E-state index in [0.29, 0.717) is 0 Å². The van der Waals surface area contributed by atoms with E-state index in [1.165, 1.54) is 55.8 Å². The van der Waals surface area contributed by atoms with Gasteiger partial charge in [0, 0.05) is 44.5 Å². The largest absolute Gasteiger partial charge is 0.357 e. The zero-order valence-electron chi connectivity index (χ0n) is 17.8. The first-order valence-corrected chi connectivity index (χ1v) is 10.9. The molecule has 1 aromatic rings. The van der Waals surface area contributed by atoms with Crippen molar-refractivity contribution in [3.05, 3.63) is 17.0 Å². The molecule has 2 saturated heterocycles. The van der Waals surface area contributed by atoms with Crippen LogP contribution in [0.5, 0.6) is 0 Å². The fourth-order valence-corrected chi connectivity index (χ4v) is 4.66. The summed E-state index contributed by atoms with van der Waals surface area (Å²) in [6.45, 7) is 14.3. The molecule has 1 atom stereocenters. The molecule has 3 rings (SSSR count). The minimum Gasteiger partial charge on any atom is -0.357 e. The Morgan fingerprint density at radius 1 is 1.15 bits per heavy atom. The van der Waals surface area contributed by atoms with Crippen molar-refractivity contribution < 1.29 is 0 Å². The van der Waals surface area contributed by atoms with E-state index in [0.717, 1.165) is 50.9 Å². The van der Waals surface area contributed by atoms with E-state index in [9.17, 15) is 0 Å². The molecule has 1 unspecified atom stereocenters. The fraction of sp³-hybridized carbons (Fsp3) is 0.810. The standard InChI is InChI=1S/C21H38N6/c1-5-19-18(20(6-2)25(4)24-19)14-23-21(22-7-3)27-13-10-17(16-27)15-26-11-8-9-12-26/h17H,5-16H2,1-4H3,(H,22,23). The Kier molecular flexibility index (Phi) is 7.16. The third-order valence-electron chi connectivity index (χ3n) is 6.05. The molecular formula is C21H38N6. The third-order valence-corrected chi connectivity index (χ3v) is 6.05. The first kappa shape index (κ1) is 20.2. The second-order valence-corrected chi connectivity index (χ2v) is 7.98. The number of hydrogen-bond acceptors (Lipinski definition) is 3.